The van der Waals surface area contributed by atoms with Crippen molar-refractivity contribution >= 4 is 5.70 Å². The maximum atomic E-state index is 14.1. The summed E-state index contributed by atoms with van der Waals surface area (Å²) in [5, 5.41) is 10.1. The predicted molar refractivity (Wildman–Crippen MR) is 121 cm³/mol. The van der Waals surface area contributed by atoms with Gasteiger partial charge in [0.05, 0.1) is 11.3 Å². The normalized spacial score (nSPS) is 14.2. The Morgan fingerprint density at radius 2 is 1.85 bits per heavy atom. The molecule has 2 heterocycles. The number of aromatic nitrogens is 3. The highest BCUT2D eigenvalue weighted by Crippen LogP contribution is 2.28. The van der Waals surface area contributed by atoms with Gasteiger partial charge in [0, 0.05) is 23.5 Å². The van der Waals surface area contributed by atoms with Gasteiger partial charge in [0.15, 0.2) is 0 Å². The van der Waals surface area contributed by atoms with Gasteiger partial charge in [-0.05, 0) is 50.1 Å². The van der Waals surface area contributed by atoms with Gasteiger partial charge in [-0.1, -0.05) is 19.9 Å². The van der Waals surface area contributed by atoms with Crippen LogP contribution in [0.3, 0.4) is 0 Å². The lowest BCUT2D eigenvalue weighted by atomic mass is 9.96. The Hall–Kier alpha value is -3.59. The van der Waals surface area contributed by atoms with Gasteiger partial charge in [-0.3, -0.25) is 0 Å². The van der Waals surface area contributed by atoms with Gasteiger partial charge < -0.3 is 21.0 Å². The number of hydrogen-bond donors (Lipinski definition) is 3. The quantitative estimate of drug-likeness (QED) is 0.452. The second kappa shape index (κ2) is 9.50. The van der Waals surface area contributed by atoms with Crippen LogP contribution in [-0.2, 0) is 5.60 Å². The number of benzene rings is 1. The fourth-order valence-corrected chi connectivity index (χ4v) is 3.23. The molecule has 0 spiro atoms. The molecule has 33 heavy (non-hydrogen) atoms. The Morgan fingerprint density at radius 1 is 1.18 bits per heavy atom. The monoisotopic (exact) mass is 455 g/mol. The van der Waals surface area contributed by atoms with E-state index in [2.05, 4.69) is 15.0 Å². The zero-order valence-corrected chi connectivity index (χ0v) is 18.9. The molecule has 0 radical (unpaired) electrons. The van der Waals surface area contributed by atoms with Crippen LogP contribution in [-0.4, -0.2) is 20.1 Å². The number of allylic oxidation sites excluding steroid dienone is 3. The first-order chi connectivity index (χ1) is 15.5. The lowest BCUT2D eigenvalue weighted by molar-refractivity contribution is 0.0738. The molecular weight excluding hydrogens is 428 g/mol. The molecule has 1 atom stereocenters. The van der Waals surface area contributed by atoms with Crippen molar-refractivity contribution in [1.29, 1.82) is 0 Å². The van der Waals surface area contributed by atoms with Crippen molar-refractivity contribution in [3.05, 3.63) is 82.7 Å². The molecule has 5 N–H and O–H groups in total. The molecule has 0 aliphatic carbocycles. The Labute approximate surface area is 190 Å². The summed E-state index contributed by atoms with van der Waals surface area (Å²) in [5.74, 6) is -1.45. The summed E-state index contributed by atoms with van der Waals surface area (Å²) in [7, 11) is 0. The number of halogens is 2. The Kier molecular flexibility index (Phi) is 6.92. The minimum Gasteiger partial charge on any atom is -0.442 e. The molecule has 9 heteroatoms. The van der Waals surface area contributed by atoms with E-state index in [1.54, 1.807) is 26.1 Å². The van der Waals surface area contributed by atoms with E-state index < -0.39 is 17.2 Å². The molecule has 1 aromatic carbocycles. The molecule has 2 aromatic heterocycles. The summed E-state index contributed by atoms with van der Waals surface area (Å²) in [6.45, 7) is 6.91. The maximum absolute atomic E-state index is 14.1. The first-order valence-electron chi connectivity index (χ1n) is 10.4. The van der Waals surface area contributed by atoms with Gasteiger partial charge in [0.25, 0.3) is 5.89 Å². The van der Waals surface area contributed by atoms with Crippen LogP contribution in [0.1, 0.15) is 57.0 Å². The van der Waals surface area contributed by atoms with Crippen molar-refractivity contribution in [3.63, 3.8) is 0 Å². The summed E-state index contributed by atoms with van der Waals surface area (Å²) in [4.78, 5) is 13.0. The van der Waals surface area contributed by atoms with Crippen molar-refractivity contribution in [2.75, 3.05) is 0 Å². The minimum atomic E-state index is -1.17. The number of oxazole rings is 1. The summed E-state index contributed by atoms with van der Waals surface area (Å²) < 4.78 is 33.6. The van der Waals surface area contributed by atoms with Crippen molar-refractivity contribution < 1.29 is 18.3 Å². The Morgan fingerprint density at radius 3 is 2.42 bits per heavy atom. The molecule has 3 rings (SSSR count). The van der Waals surface area contributed by atoms with Crippen molar-refractivity contribution in [2.24, 2.45) is 11.5 Å². The van der Waals surface area contributed by atoms with Crippen LogP contribution < -0.4 is 11.5 Å². The molecule has 0 fully saturated rings. The van der Waals surface area contributed by atoms with E-state index in [1.165, 1.54) is 18.4 Å². The molecule has 0 bridgehead atoms. The summed E-state index contributed by atoms with van der Waals surface area (Å²) in [6.07, 6.45) is 4.88. The average molecular weight is 456 g/mol. The van der Waals surface area contributed by atoms with Crippen LogP contribution in [0, 0.1) is 11.6 Å². The third kappa shape index (κ3) is 5.25. The molecule has 1 unspecified atom stereocenters. The van der Waals surface area contributed by atoms with E-state index in [1.807, 2.05) is 13.8 Å². The first kappa shape index (κ1) is 24.1. The van der Waals surface area contributed by atoms with E-state index in [0.717, 1.165) is 12.1 Å². The van der Waals surface area contributed by atoms with Gasteiger partial charge in [0.1, 0.15) is 29.2 Å². The number of nitrogens with zero attached hydrogens (tertiary/aromatic N) is 3. The molecule has 0 aliphatic rings. The number of hydrogen-bond acceptors (Lipinski definition) is 7. The SMILES string of the molecule is CCC(/C=C(\N)c1c(F)cccc1F)=C(/N)C(C)c1ccnc(-c2nc(C(C)(C)O)co2)n1. The molecule has 3 aromatic rings. The highest BCUT2D eigenvalue weighted by Gasteiger charge is 2.23. The van der Waals surface area contributed by atoms with E-state index in [-0.39, 0.29) is 28.9 Å². The zero-order valence-electron chi connectivity index (χ0n) is 18.9. The van der Waals surface area contributed by atoms with Crippen LogP contribution in [0.4, 0.5) is 8.78 Å². The van der Waals surface area contributed by atoms with Crippen molar-refractivity contribution in [2.45, 2.75) is 45.6 Å². The van der Waals surface area contributed by atoms with Crippen LogP contribution in [0.15, 0.2) is 58.5 Å². The Balaban J connectivity index is 1.95. The topological polar surface area (TPSA) is 124 Å². The molecule has 0 saturated carbocycles. The second-order valence-corrected chi connectivity index (χ2v) is 8.15. The van der Waals surface area contributed by atoms with Crippen molar-refractivity contribution in [1.82, 2.24) is 15.0 Å². The molecule has 0 aliphatic heterocycles. The third-order valence-electron chi connectivity index (χ3n) is 5.24. The number of nitrogens with two attached hydrogens (primary N) is 2. The second-order valence-electron chi connectivity index (χ2n) is 8.15. The van der Waals surface area contributed by atoms with Gasteiger partial charge in [0.2, 0.25) is 5.82 Å². The van der Waals surface area contributed by atoms with E-state index in [0.29, 0.717) is 29.1 Å². The first-order valence-corrected chi connectivity index (χ1v) is 10.4. The number of aliphatic hydroxyl groups is 1. The predicted octanol–water partition coefficient (Wildman–Crippen LogP) is 4.36. The highest BCUT2D eigenvalue weighted by atomic mass is 19.1. The third-order valence-corrected chi connectivity index (χ3v) is 5.24. The van der Waals surface area contributed by atoms with Gasteiger partial charge in [-0.25, -0.2) is 23.7 Å². The molecular formula is C24H27F2N5O2. The molecule has 174 valence electrons. The highest BCUT2D eigenvalue weighted by molar-refractivity contribution is 5.66. The Bertz CT molecular complexity index is 1190. The van der Waals surface area contributed by atoms with Gasteiger partial charge in [-0.2, -0.15) is 0 Å². The summed E-state index contributed by atoms with van der Waals surface area (Å²) in [5.41, 5.74) is 12.9. The maximum Gasteiger partial charge on any atom is 0.265 e. The molecule has 0 saturated heterocycles. The standard InChI is InChI=1S/C24H27F2N5O2/c1-5-14(11-17(27)20-15(25)7-6-8-16(20)26)21(28)13(2)18-9-10-29-22(30-18)23-31-19(12-33-23)24(3,4)32/h6-13,32H,5,27-28H2,1-4H3/b17-11-,21-14-. The fourth-order valence-electron chi connectivity index (χ4n) is 3.23. The van der Waals surface area contributed by atoms with Crippen LogP contribution >= 0.6 is 0 Å². The van der Waals surface area contributed by atoms with Crippen LogP contribution in [0.5, 0.6) is 0 Å². The lowest BCUT2D eigenvalue weighted by Gasteiger charge is -2.16. The summed E-state index contributed by atoms with van der Waals surface area (Å²) in [6, 6.07) is 5.28. The smallest absolute Gasteiger partial charge is 0.265 e. The fraction of sp³-hybridized carbons (Fsp3) is 0.292. The summed E-state index contributed by atoms with van der Waals surface area (Å²) >= 11 is 0. The minimum absolute atomic E-state index is 0.0556. The average Bonchev–Trinajstić information content (AvgIpc) is 3.27. The van der Waals surface area contributed by atoms with Crippen LogP contribution in [0.2, 0.25) is 0 Å². The van der Waals surface area contributed by atoms with Crippen molar-refractivity contribution in [3.8, 4) is 11.7 Å². The van der Waals surface area contributed by atoms with Gasteiger partial charge in [-0.15, -0.1) is 0 Å². The van der Waals surface area contributed by atoms with E-state index in [4.69, 9.17) is 15.9 Å². The number of rotatable bonds is 7. The zero-order chi connectivity index (χ0) is 24.3. The van der Waals surface area contributed by atoms with Crippen LogP contribution in [0.25, 0.3) is 17.4 Å². The molecule has 7 nitrogen and oxygen atoms in total. The largest absolute Gasteiger partial charge is 0.442 e. The van der Waals surface area contributed by atoms with E-state index in [9.17, 15) is 13.9 Å². The van der Waals surface area contributed by atoms with Gasteiger partial charge >= 0.3 is 0 Å². The van der Waals surface area contributed by atoms with E-state index >= 15 is 0 Å². The lowest BCUT2D eigenvalue weighted by Crippen LogP contribution is -2.15. The molecule has 0 amide bonds.